The Morgan fingerprint density at radius 2 is 2.13 bits per heavy atom. The van der Waals surface area contributed by atoms with Crippen molar-refractivity contribution in [3.63, 3.8) is 0 Å². The lowest BCUT2D eigenvalue weighted by atomic mass is 10.3. The first-order valence-electron chi connectivity index (χ1n) is 4.77. The van der Waals surface area contributed by atoms with Gasteiger partial charge in [0.1, 0.15) is 12.4 Å². The van der Waals surface area contributed by atoms with E-state index < -0.39 is 0 Å². The largest absolute Gasteiger partial charge is 0.484 e. The molecule has 0 bridgehead atoms. The van der Waals surface area contributed by atoms with Gasteiger partial charge in [-0.3, -0.25) is 4.79 Å². The van der Waals surface area contributed by atoms with E-state index in [0.717, 1.165) is 12.8 Å². The zero-order valence-electron chi connectivity index (χ0n) is 8.00. The molecule has 0 atom stereocenters. The van der Waals surface area contributed by atoms with Crippen LogP contribution in [0.25, 0.3) is 0 Å². The summed E-state index contributed by atoms with van der Waals surface area (Å²) in [6, 6.07) is 4.95. The SMILES string of the molecule is O=C(COc1ccc(Cl)cc1Cl)C1CC1. The third kappa shape index (κ3) is 2.86. The summed E-state index contributed by atoms with van der Waals surface area (Å²) in [7, 11) is 0. The molecule has 2 rings (SSSR count). The summed E-state index contributed by atoms with van der Waals surface area (Å²) in [5.41, 5.74) is 0. The van der Waals surface area contributed by atoms with Crippen molar-refractivity contribution in [3.05, 3.63) is 28.2 Å². The van der Waals surface area contributed by atoms with Gasteiger partial charge in [0.15, 0.2) is 5.78 Å². The van der Waals surface area contributed by atoms with Gasteiger partial charge in [0.05, 0.1) is 5.02 Å². The van der Waals surface area contributed by atoms with Crippen molar-refractivity contribution in [3.8, 4) is 5.75 Å². The predicted molar refractivity (Wildman–Crippen MR) is 59.7 cm³/mol. The number of ketones is 1. The maximum Gasteiger partial charge on any atom is 0.173 e. The van der Waals surface area contributed by atoms with E-state index in [-0.39, 0.29) is 18.3 Å². The molecule has 15 heavy (non-hydrogen) atoms. The van der Waals surface area contributed by atoms with Crippen LogP contribution in [0.4, 0.5) is 0 Å². The highest BCUT2D eigenvalue weighted by atomic mass is 35.5. The minimum atomic E-state index is 0.103. The number of rotatable bonds is 4. The molecule has 0 aliphatic heterocycles. The molecular weight excluding hydrogens is 235 g/mol. The minimum absolute atomic E-state index is 0.103. The highest BCUT2D eigenvalue weighted by molar-refractivity contribution is 6.35. The number of ether oxygens (including phenoxy) is 1. The van der Waals surface area contributed by atoms with Gasteiger partial charge >= 0.3 is 0 Å². The average molecular weight is 245 g/mol. The molecule has 0 radical (unpaired) electrons. The third-order valence-electron chi connectivity index (χ3n) is 2.30. The zero-order chi connectivity index (χ0) is 10.8. The molecule has 2 nitrogen and oxygen atoms in total. The van der Waals surface area contributed by atoms with Gasteiger partial charge in [0.2, 0.25) is 0 Å². The van der Waals surface area contributed by atoms with E-state index in [1.54, 1.807) is 18.2 Å². The summed E-state index contributed by atoms with van der Waals surface area (Å²) in [6.45, 7) is 0.103. The summed E-state index contributed by atoms with van der Waals surface area (Å²) >= 11 is 11.6. The van der Waals surface area contributed by atoms with E-state index >= 15 is 0 Å². The second kappa shape index (κ2) is 4.42. The molecule has 0 amide bonds. The van der Waals surface area contributed by atoms with Gasteiger partial charge in [0, 0.05) is 10.9 Å². The molecule has 0 aromatic heterocycles. The van der Waals surface area contributed by atoms with Crippen molar-refractivity contribution in [2.24, 2.45) is 5.92 Å². The molecule has 1 aliphatic carbocycles. The molecule has 0 spiro atoms. The van der Waals surface area contributed by atoms with Crippen molar-refractivity contribution in [1.29, 1.82) is 0 Å². The smallest absolute Gasteiger partial charge is 0.173 e. The maximum absolute atomic E-state index is 11.4. The third-order valence-corrected chi connectivity index (χ3v) is 2.83. The van der Waals surface area contributed by atoms with Crippen LogP contribution < -0.4 is 4.74 Å². The van der Waals surface area contributed by atoms with Crippen LogP contribution in [0.5, 0.6) is 5.75 Å². The van der Waals surface area contributed by atoms with Crippen molar-refractivity contribution in [2.75, 3.05) is 6.61 Å². The Balaban J connectivity index is 1.95. The molecular formula is C11H10Cl2O2. The summed E-state index contributed by atoms with van der Waals surface area (Å²) in [5, 5.41) is 0.993. The van der Waals surface area contributed by atoms with E-state index in [4.69, 9.17) is 27.9 Å². The van der Waals surface area contributed by atoms with Crippen LogP contribution in [0.1, 0.15) is 12.8 Å². The molecule has 1 fully saturated rings. The van der Waals surface area contributed by atoms with Gasteiger partial charge in [-0.15, -0.1) is 0 Å². The van der Waals surface area contributed by atoms with Gasteiger partial charge in [-0.2, -0.15) is 0 Å². The lowest BCUT2D eigenvalue weighted by molar-refractivity contribution is -0.122. The summed E-state index contributed by atoms with van der Waals surface area (Å²) in [5.74, 6) is 0.882. The second-order valence-corrected chi connectivity index (χ2v) is 4.45. The lowest BCUT2D eigenvalue weighted by Gasteiger charge is -2.06. The monoisotopic (exact) mass is 244 g/mol. The molecule has 0 heterocycles. The Bertz CT molecular complexity index is 386. The van der Waals surface area contributed by atoms with Gasteiger partial charge in [0.25, 0.3) is 0 Å². The van der Waals surface area contributed by atoms with E-state index in [1.807, 2.05) is 0 Å². The Morgan fingerprint density at radius 1 is 1.40 bits per heavy atom. The number of Topliss-reactive ketones (excluding diaryl/α,β-unsaturated/α-hetero) is 1. The molecule has 0 N–H and O–H groups in total. The number of halogens is 2. The summed E-state index contributed by atoms with van der Waals surface area (Å²) in [4.78, 5) is 11.4. The number of hydrogen-bond donors (Lipinski definition) is 0. The van der Waals surface area contributed by atoms with Gasteiger partial charge in [-0.05, 0) is 31.0 Å². The Hall–Kier alpha value is -0.730. The van der Waals surface area contributed by atoms with Gasteiger partial charge < -0.3 is 4.74 Å². The fourth-order valence-electron chi connectivity index (χ4n) is 1.26. The first kappa shape index (κ1) is 10.8. The van der Waals surface area contributed by atoms with Crippen molar-refractivity contribution in [1.82, 2.24) is 0 Å². The lowest BCUT2D eigenvalue weighted by Crippen LogP contribution is -2.12. The van der Waals surface area contributed by atoms with E-state index in [1.165, 1.54) is 0 Å². The van der Waals surface area contributed by atoms with Crippen molar-refractivity contribution >= 4 is 29.0 Å². The standard InChI is InChI=1S/C11H10Cl2O2/c12-8-3-4-11(9(13)5-8)15-6-10(14)7-1-2-7/h3-5,7H,1-2,6H2. The molecule has 1 aliphatic rings. The van der Waals surface area contributed by atoms with Crippen molar-refractivity contribution < 1.29 is 9.53 Å². The molecule has 1 saturated carbocycles. The van der Waals surface area contributed by atoms with Crippen LogP contribution in [0.15, 0.2) is 18.2 Å². The fraction of sp³-hybridized carbons (Fsp3) is 0.364. The summed E-state index contributed by atoms with van der Waals surface area (Å²) in [6.07, 6.45) is 1.99. The second-order valence-electron chi connectivity index (χ2n) is 3.60. The number of carbonyl (C=O) groups excluding carboxylic acids is 1. The summed E-state index contributed by atoms with van der Waals surface area (Å²) < 4.78 is 5.31. The minimum Gasteiger partial charge on any atom is -0.484 e. The highest BCUT2D eigenvalue weighted by Crippen LogP contribution is 2.31. The molecule has 80 valence electrons. The first-order chi connectivity index (χ1) is 7.16. The molecule has 0 unspecified atom stereocenters. The average Bonchev–Trinajstić information content (AvgIpc) is 2.99. The maximum atomic E-state index is 11.4. The molecule has 4 heteroatoms. The number of benzene rings is 1. The van der Waals surface area contributed by atoms with E-state index in [2.05, 4.69) is 0 Å². The molecule has 0 saturated heterocycles. The van der Waals surface area contributed by atoms with E-state index in [0.29, 0.717) is 15.8 Å². The van der Waals surface area contributed by atoms with E-state index in [9.17, 15) is 4.79 Å². The number of carbonyl (C=O) groups is 1. The van der Waals surface area contributed by atoms with Crippen LogP contribution in [-0.2, 0) is 4.79 Å². The number of hydrogen-bond acceptors (Lipinski definition) is 2. The van der Waals surface area contributed by atoms with Crippen LogP contribution in [-0.4, -0.2) is 12.4 Å². The highest BCUT2D eigenvalue weighted by Gasteiger charge is 2.29. The van der Waals surface area contributed by atoms with Gasteiger partial charge in [-0.1, -0.05) is 23.2 Å². The van der Waals surface area contributed by atoms with Crippen LogP contribution in [0.2, 0.25) is 10.0 Å². The van der Waals surface area contributed by atoms with Gasteiger partial charge in [-0.25, -0.2) is 0 Å². The zero-order valence-corrected chi connectivity index (χ0v) is 9.52. The quantitative estimate of drug-likeness (QED) is 0.813. The van der Waals surface area contributed by atoms with Crippen LogP contribution in [0, 0.1) is 5.92 Å². The fourth-order valence-corrected chi connectivity index (χ4v) is 1.73. The molecule has 1 aromatic carbocycles. The first-order valence-corrected chi connectivity index (χ1v) is 5.53. The Kier molecular flexibility index (Phi) is 3.17. The topological polar surface area (TPSA) is 26.3 Å². The van der Waals surface area contributed by atoms with Crippen LogP contribution in [0.3, 0.4) is 0 Å². The normalized spacial score (nSPS) is 15.1. The van der Waals surface area contributed by atoms with Crippen molar-refractivity contribution in [2.45, 2.75) is 12.8 Å². The predicted octanol–water partition coefficient (Wildman–Crippen LogP) is 3.35. The van der Waals surface area contributed by atoms with Crippen LogP contribution >= 0.6 is 23.2 Å². The molecule has 1 aromatic rings. The Morgan fingerprint density at radius 3 is 2.73 bits per heavy atom. The Labute approximate surface area is 98.1 Å².